The second-order valence-corrected chi connectivity index (χ2v) is 8.61. The van der Waals surface area contributed by atoms with Gasteiger partial charge in [0.15, 0.2) is 0 Å². The average Bonchev–Trinajstić information content (AvgIpc) is 3.40. The number of nitrogens with one attached hydrogen (secondary N) is 1. The van der Waals surface area contributed by atoms with E-state index < -0.39 is 0 Å². The number of terminal acetylenes is 1. The number of anilines is 1. The lowest BCUT2D eigenvalue weighted by atomic mass is 9.84. The fraction of sp³-hybridized carbons (Fsp3) is 0.500. The summed E-state index contributed by atoms with van der Waals surface area (Å²) in [6.45, 7) is 5.98. The molecule has 1 saturated carbocycles. The highest BCUT2D eigenvalue weighted by atomic mass is 16.3. The molecule has 4 nitrogen and oxygen atoms in total. The van der Waals surface area contributed by atoms with Crippen molar-refractivity contribution in [2.24, 2.45) is 5.41 Å². The van der Waals surface area contributed by atoms with Gasteiger partial charge in [0.1, 0.15) is 5.56 Å². The number of rotatable bonds is 3. The number of hydrogen-bond acceptors (Lipinski definition) is 3. The van der Waals surface area contributed by atoms with E-state index in [9.17, 15) is 9.90 Å². The van der Waals surface area contributed by atoms with Crippen LogP contribution in [0.5, 0.6) is 0 Å². The first kappa shape index (κ1) is 17.2. The zero-order chi connectivity index (χ0) is 18.5. The summed E-state index contributed by atoms with van der Waals surface area (Å²) >= 11 is 0. The molecular weight excluding hydrogens is 324 g/mol. The molecule has 0 radical (unpaired) electrons. The Balaban J connectivity index is 1.88. The van der Waals surface area contributed by atoms with Crippen molar-refractivity contribution in [2.45, 2.75) is 44.9 Å². The van der Waals surface area contributed by atoms with Gasteiger partial charge in [-0.3, -0.25) is 4.79 Å². The minimum Gasteiger partial charge on any atom is -0.395 e. The Bertz CT molecular complexity index is 950. The molecule has 2 fully saturated rings. The first-order chi connectivity index (χ1) is 12.4. The SMILES string of the molecule is C#Cc1c(N2CCC3(CC2)CC3)c2cc(C(C)(C)CO)ccc2[nH]c1=O. The third kappa shape index (κ3) is 2.71. The Hall–Kier alpha value is -2.25. The quantitative estimate of drug-likeness (QED) is 0.836. The molecule has 2 aromatic rings. The molecule has 0 atom stereocenters. The van der Waals surface area contributed by atoms with Gasteiger partial charge in [-0.25, -0.2) is 0 Å². The van der Waals surface area contributed by atoms with Crippen molar-refractivity contribution in [3.8, 4) is 12.3 Å². The molecule has 0 bridgehead atoms. The number of H-pyrrole nitrogens is 1. The molecule has 0 amide bonds. The molecule has 1 aliphatic carbocycles. The van der Waals surface area contributed by atoms with Crippen LogP contribution < -0.4 is 10.5 Å². The number of piperidine rings is 1. The minimum absolute atomic E-state index is 0.0609. The topological polar surface area (TPSA) is 56.3 Å². The van der Waals surface area contributed by atoms with E-state index in [2.05, 4.69) is 21.9 Å². The first-order valence-corrected chi connectivity index (χ1v) is 9.42. The van der Waals surface area contributed by atoms with E-state index in [0.29, 0.717) is 11.0 Å². The molecule has 136 valence electrons. The Morgan fingerprint density at radius 3 is 2.54 bits per heavy atom. The highest BCUT2D eigenvalue weighted by Gasteiger charge is 2.44. The standard InChI is InChI=1S/C22H26N2O2/c1-4-16-19(24-11-9-22(7-8-22)10-12-24)17-13-15(21(2,3)14-25)5-6-18(17)23-20(16)26/h1,5-6,13,25H,7-12,14H2,2-3H3,(H,23,26). The molecule has 1 aliphatic heterocycles. The Morgan fingerprint density at radius 2 is 1.96 bits per heavy atom. The predicted octanol–water partition coefficient (Wildman–Crippen LogP) is 3.16. The van der Waals surface area contributed by atoms with Crippen LogP contribution in [0.25, 0.3) is 10.9 Å². The maximum Gasteiger partial charge on any atom is 0.266 e. The summed E-state index contributed by atoms with van der Waals surface area (Å²) in [5, 5.41) is 10.7. The zero-order valence-corrected chi connectivity index (χ0v) is 15.6. The van der Waals surface area contributed by atoms with E-state index in [4.69, 9.17) is 6.42 Å². The van der Waals surface area contributed by atoms with Crippen molar-refractivity contribution in [2.75, 3.05) is 24.6 Å². The Labute approximate surface area is 154 Å². The van der Waals surface area contributed by atoms with Crippen molar-refractivity contribution in [1.82, 2.24) is 4.98 Å². The average molecular weight is 350 g/mol. The van der Waals surface area contributed by atoms with E-state index in [-0.39, 0.29) is 17.6 Å². The highest BCUT2D eigenvalue weighted by Crippen LogP contribution is 2.54. The number of aromatic nitrogens is 1. The molecule has 0 unspecified atom stereocenters. The normalized spacial score (nSPS) is 18.9. The summed E-state index contributed by atoms with van der Waals surface area (Å²) in [5.41, 5.74) is 3.16. The van der Waals surface area contributed by atoms with Crippen molar-refractivity contribution in [3.05, 3.63) is 39.7 Å². The molecule has 1 saturated heterocycles. The number of pyridine rings is 1. The van der Waals surface area contributed by atoms with Crippen LogP contribution in [0.1, 0.15) is 50.7 Å². The Morgan fingerprint density at radius 1 is 1.27 bits per heavy atom. The van der Waals surface area contributed by atoms with Crippen LogP contribution in [0, 0.1) is 17.8 Å². The molecule has 26 heavy (non-hydrogen) atoms. The molecule has 1 spiro atoms. The van der Waals surface area contributed by atoms with Gasteiger partial charge < -0.3 is 15.0 Å². The zero-order valence-electron chi connectivity index (χ0n) is 15.6. The van der Waals surface area contributed by atoms with Gasteiger partial charge in [-0.1, -0.05) is 25.8 Å². The van der Waals surface area contributed by atoms with Gasteiger partial charge in [0.05, 0.1) is 17.8 Å². The van der Waals surface area contributed by atoms with Gasteiger partial charge in [0, 0.05) is 23.9 Å². The smallest absolute Gasteiger partial charge is 0.266 e. The van der Waals surface area contributed by atoms with Crippen LogP contribution in [-0.4, -0.2) is 29.8 Å². The van der Waals surface area contributed by atoms with Crippen molar-refractivity contribution >= 4 is 16.6 Å². The molecule has 2 heterocycles. The molecule has 4 heteroatoms. The molecule has 2 aliphatic rings. The number of fused-ring (bicyclic) bond motifs is 1. The van der Waals surface area contributed by atoms with Crippen LogP contribution >= 0.6 is 0 Å². The highest BCUT2D eigenvalue weighted by molar-refractivity contribution is 5.95. The van der Waals surface area contributed by atoms with Gasteiger partial charge in [0.2, 0.25) is 0 Å². The fourth-order valence-electron chi connectivity index (χ4n) is 4.13. The molecule has 1 aromatic heterocycles. The van der Waals surface area contributed by atoms with Gasteiger partial charge in [-0.15, -0.1) is 6.42 Å². The first-order valence-electron chi connectivity index (χ1n) is 9.42. The van der Waals surface area contributed by atoms with Crippen LogP contribution in [0.2, 0.25) is 0 Å². The summed E-state index contributed by atoms with van der Waals surface area (Å²) in [4.78, 5) is 17.8. The number of hydrogen-bond donors (Lipinski definition) is 2. The largest absolute Gasteiger partial charge is 0.395 e. The van der Waals surface area contributed by atoms with E-state index >= 15 is 0 Å². The molecular formula is C22H26N2O2. The van der Waals surface area contributed by atoms with Crippen LogP contribution in [0.4, 0.5) is 5.69 Å². The fourth-order valence-corrected chi connectivity index (χ4v) is 4.13. The van der Waals surface area contributed by atoms with Crippen LogP contribution in [0.3, 0.4) is 0 Å². The molecule has 2 N–H and O–H groups in total. The Kier molecular flexibility index (Phi) is 3.89. The lowest BCUT2D eigenvalue weighted by Gasteiger charge is -2.35. The monoisotopic (exact) mass is 350 g/mol. The van der Waals surface area contributed by atoms with Crippen LogP contribution in [-0.2, 0) is 5.41 Å². The van der Waals surface area contributed by atoms with Crippen molar-refractivity contribution < 1.29 is 5.11 Å². The number of aliphatic hydroxyl groups excluding tert-OH is 1. The number of nitrogens with zero attached hydrogens (tertiary/aromatic N) is 1. The maximum absolute atomic E-state index is 12.5. The van der Waals surface area contributed by atoms with E-state index in [1.54, 1.807) is 0 Å². The van der Waals surface area contributed by atoms with E-state index in [1.165, 1.54) is 25.7 Å². The maximum atomic E-state index is 12.5. The van der Waals surface area contributed by atoms with Gasteiger partial charge in [-0.2, -0.15) is 0 Å². The number of aromatic amines is 1. The number of aliphatic hydroxyl groups is 1. The second kappa shape index (κ2) is 5.89. The van der Waals surface area contributed by atoms with Crippen molar-refractivity contribution in [3.63, 3.8) is 0 Å². The van der Waals surface area contributed by atoms with E-state index in [0.717, 1.165) is 35.2 Å². The molecule has 4 rings (SSSR count). The summed E-state index contributed by atoms with van der Waals surface area (Å²) in [6, 6.07) is 5.99. The lowest BCUT2D eigenvalue weighted by molar-refractivity contribution is 0.218. The van der Waals surface area contributed by atoms with Gasteiger partial charge >= 0.3 is 0 Å². The summed E-state index contributed by atoms with van der Waals surface area (Å²) in [5.74, 6) is 2.63. The third-order valence-electron chi connectivity index (χ3n) is 6.41. The second-order valence-electron chi connectivity index (χ2n) is 8.61. The third-order valence-corrected chi connectivity index (χ3v) is 6.41. The minimum atomic E-state index is -0.349. The summed E-state index contributed by atoms with van der Waals surface area (Å²) in [6.07, 6.45) is 10.8. The summed E-state index contributed by atoms with van der Waals surface area (Å²) < 4.78 is 0. The van der Waals surface area contributed by atoms with E-state index in [1.807, 2.05) is 26.0 Å². The lowest BCUT2D eigenvalue weighted by Crippen LogP contribution is -2.36. The van der Waals surface area contributed by atoms with Gasteiger partial charge in [0.25, 0.3) is 5.56 Å². The van der Waals surface area contributed by atoms with Crippen molar-refractivity contribution in [1.29, 1.82) is 0 Å². The summed E-state index contributed by atoms with van der Waals surface area (Å²) in [7, 11) is 0. The van der Waals surface area contributed by atoms with Crippen LogP contribution in [0.15, 0.2) is 23.0 Å². The predicted molar refractivity (Wildman–Crippen MR) is 106 cm³/mol. The van der Waals surface area contributed by atoms with Gasteiger partial charge in [-0.05, 0) is 48.8 Å². The number of benzene rings is 1. The molecule has 1 aromatic carbocycles.